The van der Waals surface area contributed by atoms with Gasteiger partial charge >= 0.3 is 12.7 Å². The van der Waals surface area contributed by atoms with Gasteiger partial charge in [0.1, 0.15) is 5.75 Å². The predicted molar refractivity (Wildman–Crippen MR) is 47.6 cm³/mol. The van der Waals surface area contributed by atoms with Gasteiger partial charge in [-0.05, 0) is 12.1 Å². The summed E-state index contributed by atoms with van der Waals surface area (Å²) >= 11 is 0. The molecular formula is C8H6F6N2O2. The average molecular weight is 276 g/mol. The van der Waals surface area contributed by atoms with Gasteiger partial charge in [-0.1, -0.05) is 0 Å². The highest BCUT2D eigenvalue weighted by Gasteiger charge is 2.33. The third-order valence-corrected chi connectivity index (χ3v) is 1.57. The first-order valence-electron chi connectivity index (χ1n) is 4.23. The maximum Gasteiger partial charge on any atom is 0.573 e. The third-order valence-electron chi connectivity index (χ3n) is 1.57. The van der Waals surface area contributed by atoms with Crippen molar-refractivity contribution in [3.05, 3.63) is 18.2 Å². The topological polar surface area (TPSA) is 56.5 Å². The van der Waals surface area contributed by atoms with Crippen molar-refractivity contribution >= 4 is 5.69 Å². The van der Waals surface area contributed by atoms with Crippen molar-refractivity contribution in [1.82, 2.24) is 0 Å². The summed E-state index contributed by atoms with van der Waals surface area (Å²) in [7, 11) is 0. The molecule has 0 radical (unpaired) electrons. The highest BCUT2D eigenvalue weighted by atomic mass is 19.4. The Morgan fingerprint density at radius 1 is 0.944 bits per heavy atom. The van der Waals surface area contributed by atoms with Gasteiger partial charge in [0, 0.05) is 6.07 Å². The molecule has 0 aromatic heterocycles. The van der Waals surface area contributed by atoms with E-state index in [1.54, 1.807) is 5.43 Å². The first kappa shape index (κ1) is 14.2. The van der Waals surface area contributed by atoms with E-state index in [0.717, 1.165) is 0 Å². The van der Waals surface area contributed by atoms with E-state index in [1.807, 2.05) is 0 Å². The van der Waals surface area contributed by atoms with E-state index in [2.05, 4.69) is 9.47 Å². The maximum absolute atomic E-state index is 11.9. The van der Waals surface area contributed by atoms with Crippen LogP contribution in [-0.4, -0.2) is 12.7 Å². The first-order chi connectivity index (χ1) is 8.11. The Morgan fingerprint density at radius 2 is 1.50 bits per heavy atom. The van der Waals surface area contributed by atoms with E-state index in [4.69, 9.17) is 5.84 Å². The molecule has 0 bridgehead atoms. The van der Waals surface area contributed by atoms with E-state index in [0.29, 0.717) is 18.2 Å². The van der Waals surface area contributed by atoms with Crippen LogP contribution in [0.2, 0.25) is 0 Å². The van der Waals surface area contributed by atoms with Gasteiger partial charge in [-0.3, -0.25) is 5.84 Å². The van der Waals surface area contributed by atoms with Crippen molar-refractivity contribution in [3.63, 3.8) is 0 Å². The summed E-state index contributed by atoms with van der Waals surface area (Å²) in [4.78, 5) is 0. The van der Waals surface area contributed by atoms with Crippen LogP contribution in [0.3, 0.4) is 0 Å². The molecule has 1 aromatic rings. The number of hydrogen-bond donors (Lipinski definition) is 2. The monoisotopic (exact) mass is 276 g/mol. The lowest BCUT2D eigenvalue weighted by atomic mass is 10.3. The summed E-state index contributed by atoms with van der Waals surface area (Å²) < 4.78 is 78.4. The second kappa shape index (κ2) is 4.80. The van der Waals surface area contributed by atoms with Crippen LogP contribution in [0.25, 0.3) is 0 Å². The minimum Gasteiger partial charge on any atom is -0.406 e. The SMILES string of the molecule is NNc1cc(OC(F)(F)F)ccc1OC(F)(F)F. The summed E-state index contributed by atoms with van der Waals surface area (Å²) in [5, 5.41) is 0. The van der Waals surface area contributed by atoms with Crippen LogP contribution in [0.4, 0.5) is 32.0 Å². The number of hydrogen-bond acceptors (Lipinski definition) is 4. The maximum atomic E-state index is 11.9. The van der Waals surface area contributed by atoms with Crippen molar-refractivity contribution in [1.29, 1.82) is 0 Å². The van der Waals surface area contributed by atoms with Gasteiger partial charge in [-0.25, -0.2) is 0 Å². The quantitative estimate of drug-likeness (QED) is 0.506. The molecule has 10 heteroatoms. The van der Waals surface area contributed by atoms with E-state index in [1.165, 1.54) is 0 Å². The summed E-state index contributed by atoms with van der Waals surface area (Å²) in [6.45, 7) is 0. The van der Waals surface area contributed by atoms with Gasteiger partial charge in [0.05, 0.1) is 5.69 Å². The molecule has 4 nitrogen and oxygen atoms in total. The van der Waals surface area contributed by atoms with Crippen LogP contribution in [0.15, 0.2) is 18.2 Å². The Morgan fingerprint density at radius 3 is 1.94 bits per heavy atom. The van der Waals surface area contributed by atoms with Crippen molar-refractivity contribution in [2.45, 2.75) is 12.7 Å². The van der Waals surface area contributed by atoms with Crippen LogP contribution < -0.4 is 20.7 Å². The van der Waals surface area contributed by atoms with Crippen molar-refractivity contribution in [2.24, 2.45) is 5.84 Å². The highest BCUT2D eigenvalue weighted by molar-refractivity contribution is 5.59. The molecule has 102 valence electrons. The molecule has 0 unspecified atom stereocenters. The molecule has 0 fully saturated rings. The molecule has 0 saturated carbocycles. The summed E-state index contributed by atoms with van der Waals surface area (Å²) in [6.07, 6.45) is -9.95. The van der Waals surface area contributed by atoms with Gasteiger partial charge in [-0.2, -0.15) is 0 Å². The van der Waals surface area contributed by atoms with Crippen molar-refractivity contribution < 1.29 is 35.8 Å². The number of anilines is 1. The normalized spacial score (nSPS) is 12.2. The molecule has 3 N–H and O–H groups in total. The smallest absolute Gasteiger partial charge is 0.406 e. The first-order valence-corrected chi connectivity index (χ1v) is 4.23. The molecule has 0 heterocycles. The zero-order chi connectivity index (χ0) is 14.0. The lowest BCUT2D eigenvalue weighted by molar-refractivity contribution is -0.276. The third kappa shape index (κ3) is 4.57. The Balaban J connectivity index is 2.97. The number of nitrogens with one attached hydrogen (secondary N) is 1. The molecular weight excluding hydrogens is 270 g/mol. The number of ether oxygens (including phenoxy) is 2. The zero-order valence-electron chi connectivity index (χ0n) is 8.39. The second-order valence-corrected chi connectivity index (χ2v) is 2.90. The lowest BCUT2D eigenvalue weighted by Gasteiger charge is -2.15. The average Bonchev–Trinajstić information content (AvgIpc) is 2.16. The number of nitrogen functional groups attached to an aromatic ring is 1. The zero-order valence-corrected chi connectivity index (χ0v) is 8.39. The number of rotatable bonds is 3. The van der Waals surface area contributed by atoms with Crippen LogP contribution in [0, 0.1) is 0 Å². The number of alkyl halides is 6. The molecule has 0 aliphatic heterocycles. The molecule has 0 aliphatic carbocycles. The second-order valence-electron chi connectivity index (χ2n) is 2.90. The molecule has 1 aromatic carbocycles. The minimum absolute atomic E-state index is 0.505. The molecule has 0 amide bonds. The fraction of sp³-hybridized carbons (Fsp3) is 0.250. The Labute approximate surface area is 96.2 Å². The number of halogens is 6. The predicted octanol–water partition coefficient (Wildman–Crippen LogP) is 2.77. The fourth-order valence-electron chi connectivity index (χ4n) is 1.03. The summed E-state index contributed by atoms with van der Waals surface area (Å²) in [6, 6.07) is 1.92. The molecule has 0 atom stereocenters. The van der Waals surface area contributed by atoms with Gasteiger partial charge in [0.25, 0.3) is 0 Å². The van der Waals surface area contributed by atoms with Gasteiger partial charge in [0.2, 0.25) is 0 Å². The van der Waals surface area contributed by atoms with Crippen LogP contribution in [-0.2, 0) is 0 Å². The summed E-state index contributed by atoms with van der Waals surface area (Å²) in [5.41, 5.74) is 1.27. The van der Waals surface area contributed by atoms with E-state index in [9.17, 15) is 26.3 Å². The van der Waals surface area contributed by atoms with Crippen molar-refractivity contribution in [2.75, 3.05) is 5.43 Å². The van der Waals surface area contributed by atoms with E-state index < -0.39 is 29.9 Å². The van der Waals surface area contributed by atoms with Gasteiger partial charge < -0.3 is 14.9 Å². The van der Waals surface area contributed by atoms with Crippen LogP contribution in [0.5, 0.6) is 11.5 Å². The molecule has 1 rings (SSSR count). The van der Waals surface area contributed by atoms with Gasteiger partial charge in [-0.15, -0.1) is 26.3 Å². The van der Waals surface area contributed by atoms with Crippen LogP contribution >= 0.6 is 0 Å². The summed E-state index contributed by atoms with van der Waals surface area (Å²) in [5.74, 6) is 3.36. The largest absolute Gasteiger partial charge is 0.573 e. The van der Waals surface area contributed by atoms with Gasteiger partial charge in [0.15, 0.2) is 5.75 Å². The minimum atomic E-state index is -4.99. The fourth-order valence-corrected chi connectivity index (χ4v) is 1.03. The number of nitrogens with two attached hydrogens (primary N) is 1. The Bertz CT molecular complexity index is 417. The molecule has 0 aliphatic rings. The van der Waals surface area contributed by atoms with E-state index >= 15 is 0 Å². The standard InChI is InChI=1S/C8H6F6N2O2/c9-7(10,11)17-4-1-2-6(5(3-4)16-15)18-8(12,13)14/h1-3,16H,15H2. The molecule has 0 spiro atoms. The lowest BCUT2D eigenvalue weighted by Crippen LogP contribution is -2.20. The number of benzene rings is 1. The molecule has 18 heavy (non-hydrogen) atoms. The van der Waals surface area contributed by atoms with Crippen LogP contribution in [0.1, 0.15) is 0 Å². The van der Waals surface area contributed by atoms with E-state index in [-0.39, 0.29) is 0 Å². The Hall–Kier alpha value is -1.84. The molecule has 0 saturated heterocycles. The highest BCUT2D eigenvalue weighted by Crippen LogP contribution is 2.34. The van der Waals surface area contributed by atoms with Crippen molar-refractivity contribution in [3.8, 4) is 11.5 Å². The number of hydrazine groups is 1. The Kier molecular flexibility index (Phi) is 3.79.